The van der Waals surface area contributed by atoms with E-state index < -0.39 is 0 Å². The van der Waals surface area contributed by atoms with Gasteiger partial charge in [-0.25, -0.2) is 4.98 Å². The van der Waals surface area contributed by atoms with Crippen LogP contribution >= 0.6 is 0 Å². The number of ether oxygens (including phenoxy) is 1. The molecule has 0 spiro atoms. The van der Waals surface area contributed by atoms with Gasteiger partial charge in [-0.05, 0) is 42.8 Å². The minimum absolute atomic E-state index is 0.752. The smallest absolute Gasteiger partial charge is 0.129 e. The number of nitrogens with zero attached hydrogens (tertiary/aromatic N) is 3. The number of fused-ring (bicyclic) bond motifs is 1. The zero-order valence-corrected chi connectivity index (χ0v) is 15.1. The topological polar surface area (TPSA) is 50.3 Å². The highest BCUT2D eigenvalue weighted by Crippen LogP contribution is 2.16. The van der Waals surface area contributed by atoms with E-state index in [9.17, 15) is 0 Å². The third-order valence-corrected chi connectivity index (χ3v) is 4.66. The summed E-state index contributed by atoms with van der Waals surface area (Å²) in [4.78, 5) is 11.6. The molecule has 1 aromatic carbocycles. The Morgan fingerprint density at radius 3 is 2.77 bits per heavy atom. The van der Waals surface area contributed by atoms with Gasteiger partial charge in [-0.2, -0.15) is 0 Å². The number of aryl methyl sites for hydroxylation is 1. The molecule has 1 fully saturated rings. The van der Waals surface area contributed by atoms with Crippen molar-refractivity contribution in [3.63, 3.8) is 0 Å². The Morgan fingerprint density at radius 1 is 1.00 bits per heavy atom. The predicted molar refractivity (Wildman–Crippen MR) is 104 cm³/mol. The van der Waals surface area contributed by atoms with E-state index in [1.807, 2.05) is 6.92 Å². The fraction of sp³-hybridized carbons (Fsp3) is 0.333. The maximum atomic E-state index is 5.42. The van der Waals surface area contributed by atoms with Gasteiger partial charge in [0.15, 0.2) is 0 Å². The molecule has 26 heavy (non-hydrogen) atoms. The van der Waals surface area contributed by atoms with Crippen molar-refractivity contribution in [3.8, 4) is 0 Å². The minimum atomic E-state index is 0.752. The minimum Gasteiger partial charge on any atom is -0.378 e. The molecule has 0 bridgehead atoms. The van der Waals surface area contributed by atoms with Crippen LogP contribution in [0.3, 0.4) is 0 Å². The van der Waals surface area contributed by atoms with Gasteiger partial charge in [0.05, 0.1) is 24.4 Å². The molecule has 3 heterocycles. The van der Waals surface area contributed by atoms with Crippen molar-refractivity contribution < 1.29 is 4.74 Å². The number of anilines is 1. The number of nitrogens with one attached hydrogen (secondary N) is 1. The van der Waals surface area contributed by atoms with E-state index in [1.165, 1.54) is 10.9 Å². The first-order valence-corrected chi connectivity index (χ1v) is 9.13. The van der Waals surface area contributed by atoms with Crippen LogP contribution in [0.4, 0.5) is 5.82 Å². The number of aromatic nitrogens is 2. The van der Waals surface area contributed by atoms with Gasteiger partial charge in [-0.3, -0.25) is 4.98 Å². The summed E-state index contributed by atoms with van der Waals surface area (Å²) in [6.07, 6.45) is 0. The van der Waals surface area contributed by atoms with Gasteiger partial charge in [0.25, 0.3) is 0 Å². The van der Waals surface area contributed by atoms with Crippen LogP contribution in [-0.4, -0.2) is 36.3 Å². The Labute approximate surface area is 154 Å². The number of rotatable bonds is 5. The monoisotopic (exact) mass is 348 g/mol. The molecule has 134 valence electrons. The molecule has 3 aromatic rings. The van der Waals surface area contributed by atoms with E-state index in [0.29, 0.717) is 0 Å². The molecule has 0 aliphatic carbocycles. The second-order valence-electron chi connectivity index (χ2n) is 6.67. The number of morpholine rings is 1. The lowest BCUT2D eigenvalue weighted by molar-refractivity contribution is 0.122. The van der Waals surface area contributed by atoms with E-state index in [2.05, 4.69) is 63.7 Å². The molecular formula is C21H24N4O. The van der Waals surface area contributed by atoms with Crippen LogP contribution in [0.25, 0.3) is 10.9 Å². The first-order valence-electron chi connectivity index (χ1n) is 9.13. The van der Waals surface area contributed by atoms with Crippen LogP contribution in [0.5, 0.6) is 0 Å². The Balaban J connectivity index is 1.37. The molecule has 0 amide bonds. The molecule has 5 nitrogen and oxygen atoms in total. The largest absolute Gasteiger partial charge is 0.378 e. The summed E-state index contributed by atoms with van der Waals surface area (Å²) in [6, 6.07) is 16.9. The summed E-state index contributed by atoms with van der Waals surface area (Å²) >= 11 is 0. The van der Waals surface area contributed by atoms with Gasteiger partial charge < -0.3 is 15.0 Å². The number of hydrogen-bond acceptors (Lipinski definition) is 5. The molecule has 1 saturated heterocycles. The highest BCUT2D eigenvalue weighted by atomic mass is 16.5. The van der Waals surface area contributed by atoms with Gasteiger partial charge >= 0.3 is 0 Å². The van der Waals surface area contributed by atoms with Gasteiger partial charge in [0, 0.05) is 37.3 Å². The maximum Gasteiger partial charge on any atom is 0.129 e. The van der Waals surface area contributed by atoms with E-state index >= 15 is 0 Å². The third-order valence-electron chi connectivity index (χ3n) is 4.66. The van der Waals surface area contributed by atoms with Gasteiger partial charge in [0.2, 0.25) is 0 Å². The van der Waals surface area contributed by atoms with Crippen molar-refractivity contribution in [3.05, 3.63) is 65.5 Å². The first-order chi connectivity index (χ1) is 12.8. The van der Waals surface area contributed by atoms with Crippen LogP contribution in [0, 0.1) is 6.92 Å². The second-order valence-corrected chi connectivity index (χ2v) is 6.67. The van der Waals surface area contributed by atoms with Crippen LogP contribution in [0.1, 0.15) is 17.0 Å². The zero-order valence-electron chi connectivity index (χ0n) is 15.1. The lowest BCUT2D eigenvalue weighted by Gasteiger charge is -2.28. The van der Waals surface area contributed by atoms with E-state index in [1.54, 1.807) is 0 Å². The SMILES string of the molecule is Cc1ccc2cc(CNCc3cccc(N4CCOCC4)n3)ccc2n1. The highest BCUT2D eigenvalue weighted by Gasteiger charge is 2.12. The van der Waals surface area contributed by atoms with E-state index in [4.69, 9.17) is 9.72 Å². The Morgan fingerprint density at radius 2 is 1.88 bits per heavy atom. The first kappa shape index (κ1) is 16.9. The summed E-state index contributed by atoms with van der Waals surface area (Å²) in [5.41, 5.74) is 4.42. The van der Waals surface area contributed by atoms with Crippen molar-refractivity contribution >= 4 is 16.7 Å². The Kier molecular flexibility index (Phi) is 5.09. The highest BCUT2D eigenvalue weighted by molar-refractivity contribution is 5.79. The number of pyridine rings is 2. The summed E-state index contributed by atoms with van der Waals surface area (Å²) < 4.78 is 5.42. The molecule has 0 atom stereocenters. The van der Waals surface area contributed by atoms with Gasteiger partial charge in [-0.15, -0.1) is 0 Å². The summed E-state index contributed by atoms with van der Waals surface area (Å²) in [7, 11) is 0. The summed E-state index contributed by atoms with van der Waals surface area (Å²) in [6.45, 7) is 6.96. The Bertz CT molecular complexity index is 890. The fourth-order valence-electron chi connectivity index (χ4n) is 3.26. The molecule has 5 heteroatoms. The molecule has 1 aliphatic heterocycles. The fourth-order valence-corrected chi connectivity index (χ4v) is 3.26. The molecule has 1 N–H and O–H groups in total. The number of benzene rings is 1. The third kappa shape index (κ3) is 4.00. The zero-order chi connectivity index (χ0) is 17.8. The lowest BCUT2D eigenvalue weighted by atomic mass is 10.1. The van der Waals surface area contributed by atoms with Gasteiger partial charge in [0.1, 0.15) is 5.82 Å². The quantitative estimate of drug-likeness (QED) is 0.768. The van der Waals surface area contributed by atoms with Crippen molar-refractivity contribution in [1.82, 2.24) is 15.3 Å². The van der Waals surface area contributed by atoms with E-state index in [0.717, 1.165) is 62.1 Å². The van der Waals surface area contributed by atoms with Gasteiger partial charge in [-0.1, -0.05) is 18.2 Å². The van der Waals surface area contributed by atoms with E-state index in [-0.39, 0.29) is 0 Å². The molecule has 2 aromatic heterocycles. The standard InChI is InChI=1S/C21H24N4O/c1-16-5-7-18-13-17(6-8-20(18)23-16)14-22-15-19-3-2-4-21(24-19)25-9-11-26-12-10-25/h2-8,13,22H,9-12,14-15H2,1H3. The van der Waals surface area contributed by atoms with Crippen molar-refractivity contribution in [1.29, 1.82) is 0 Å². The van der Waals surface area contributed by atoms with Crippen LogP contribution in [-0.2, 0) is 17.8 Å². The normalized spacial score (nSPS) is 14.7. The van der Waals surface area contributed by atoms with Crippen LogP contribution in [0.2, 0.25) is 0 Å². The maximum absolute atomic E-state index is 5.42. The summed E-state index contributed by atoms with van der Waals surface area (Å²) in [5, 5.41) is 4.68. The van der Waals surface area contributed by atoms with Crippen molar-refractivity contribution in [2.45, 2.75) is 20.0 Å². The van der Waals surface area contributed by atoms with Crippen LogP contribution < -0.4 is 10.2 Å². The molecule has 1 aliphatic rings. The number of hydrogen-bond donors (Lipinski definition) is 1. The molecule has 4 rings (SSSR count). The van der Waals surface area contributed by atoms with Crippen LogP contribution in [0.15, 0.2) is 48.5 Å². The van der Waals surface area contributed by atoms with Crippen molar-refractivity contribution in [2.75, 3.05) is 31.2 Å². The predicted octanol–water partition coefficient (Wildman–Crippen LogP) is 3.06. The molecular weight excluding hydrogens is 324 g/mol. The molecule has 0 saturated carbocycles. The Hall–Kier alpha value is -2.50. The molecule has 0 unspecified atom stereocenters. The average Bonchev–Trinajstić information content (AvgIpc) is 2.69. The molecule has 0 radical (unpaired) electrons. The lowest BCUT2D eigenvalue weighted by Crippen LogP contribution is -2.36. The second kappa shape index (κ2) is 7.81. The average molecular weight is 348 g/mol. The summed E-state index contributed by atoms with van der Waals surface area (Å²) in [5.74, 6) is 1.04. The van der Waals surface area contributed by atoms with Crippen molar-refractivity contribution in [2.24, 2.45) is 0 Å².